The van der Waals surface area contributed by atoms with Crippen LogP contribution < -0.4 is 5.32 Å². The van der Waals surface area contributed by atoms with E-state index < -0.39 is 0 Å². The van der Waals surface area contributed by atoms with Crippen LogP contribution in [0.25, 0.3) is 0 Å². The topological polar surface area (TPSA) is 70.7 Å². The van der Waals surface area contributed by atoms with Crippen molar-refractivity contribution in [3.8, 4) is 0 Å². The van der Waals surface area contributed by atoms with Crippen LogP contribution in [-0.2, 0) is 19.3 Å². The van der Waals surface area contributed by atoms with E-state index in [-0.39, 0.29) is 5.91 Å². The summed E-state index contributed by atoms with van der Waals surface area (Å²) < 4.78 is 0. The summed E-state index contributed by atoms with van der Waals surface area (Å²) in [5, 5.41) is 4.01. The average molecular weight is 276 g/mol. The Morgan fingerprint density at radius 2 is 2.32 bits per heavy atom. The van der Waals surface area contributed by atoms with E-state index in [0.717, 1.165) is 17.8 Å². The van der Waals surface area contributed by atoms with Crippen molar-refractivity contribution < 1.29 is 4.79 Å². The molecule has 0 aliphatic heterocycles. The summed E-state index contributed by atoms with van der Waals surface area (Å²) in [6.45, 7) is 0.615. The minimum absolute atomic E-state index is 0.112. The van der Waals surface area contributed by atoms with E-state index >= 15 is 0 Å². The van der Waals surface area contributed by atoms with Gasteiger partial charge in [0.05, 0.1) is 23.2 Å². The van der Waals surface area contributed by atoms with Crippen LogP contribution in [0.4, 0.5) is 0 Å². The molecule has 3 rings (SSSR count). The van der Waals surface area contributed by atoms with Gasteiger partial charge in [0, 0.05) is 17.8 Å². The molecule has 0 atom stereocenters. The van der Waals surface area contributed by atoms with Gasteiger partial charge >= 0.3 is 0 Å². The number of carbonyl (C=O) groups excluding carboxylic acids is 1. The van der Waals surface area contributed by atoms with Gasteiger partial charge in [-0.3, -0.25) is 4.79 Å². The summed E-state index contributed by atoms with van der Waals surface area (Å²) in [5.74, 6) is -0.112. The minimum atomic E-state index is -0.112. The van der Waals surface area contributed by atoms with Crippen molar-refractivity contribution in [2.24, 2.45) is 0 Å². The maximum Gasteiger partial charge on any atom is 0.269 e. The number of aromatic amines is 1. The number of aryl methyl sites for hydroxylation is 2. The molecule has 2 heterocycles. The number of nitrogens with zero attached hydrogens (tertiary/aromatic N) is 2. The van der Waals surface area contributed by atoms with Crippen LogP contribution in [0.2, 0.25) is 0 Å². The Balaban J connectivity index is 1.52. The summed E-state index contributed by atoms with van der Waals surface area (Å²) in [4.78, 5) is 24.4. The largest absolute Gasteiger partial charge is 0.350 e. The van der Waals surface area contributed by atoms with Crippen LogP contribution >= 0.6 is 11.3 Å². The van der Waals surface area contributed by atoms with Gasteiger partial charge in [-0.1, -0.05) is 0 Å². The van der Waals surface area contributed by atoms with Crippen LogP contribution in [-0.4, -0.2) is 27.4 Å². The molecule has 0 fully saturated rings. The molecule has 0 unspecified atom stereocenters. The standard InChI is InChI=1S/C13H16N4OS/c18-13(10-7-14-8-16-10)15-6-5-12-17-9-3-1-2-4-11(9)19-12/h7-8H,1-6H2,(H,14,16)(H,15,18). The smallest absolute Gasteiger partial charge is 0.269 e. The van der Waals surface area contributed by atoms with Crippen molar-refractivity contribution in [2.45, 2.75) is 32.1 Å². The predicted molar refractivity (Wildman–Crippen MR) is 73.4 cm³/mol. The lowest BCUT2D eigenvalue weighted by Crippen LogP contribution is -2.25. The van der Waals surface area contributed by atoms with Gasteiger partial charge in [-0.25, -0.2) is 9.97 Å². The minimum Gasteiger partial charge on any atom is -0.350 e. The Kier molecular flexibility index (Phi) is 3.59. The first-order valence-corrected chi connectivity index (χ1v) is 7.38. The highest BCUT2D eigenvalue weighted by molar-refractivity contribution is 7.11. The first-order chi connectivity index (χ1) is 9.33. The molecular formula is C13H16N4OS. The summed E-state index contributed by atoms with van der Waals surface area (Å²) in [6, 6.07) is 0. The van der Waals surface area contributed by atoms with Gasteiger partial charge in [-0.15, -0.1) is 11.3 Å². The maximum absolute atomic E-state index is 11.7. The quantitative estimate of drug-likeness (QED) is 0.893. The second-order valence-corrected chi connectivity index (χ2v) is 5.82. The van der Waals surface area contributed by atoms with E-state index in [1.165, 1.54) is 42.4 Å². The van der Waals surface area contributed by atoms with Crippen molar-refractivity contribution in [1.29, 1.82) is 0 Å². The zero-order valence-corrected chi connectivity index (χ0v) is 11.4. The monoisotopic (exact) mass is 276 g/mol. The number of amides is 1. The number of rotatable bonds is 4. The van der Waals surface area contributed by atoms with E-state index in [1.54, 1.807) is 11.3 Å². The zero-order chi connectivity index (χ0) is 13.1. The molecular weight excluding hydrogens is 260 g/mol. The van der Waals surface area contributed by atoms with Crippen molar-refractivity contribution in [3.63, 3.8) is 0 Å². The van der Waals surface area contributed by atoms with Gasteiger partial charge in [0.2, 0.25) is 0 Å². The molecule has 6 heteroatoms. The molecule has 1 aliphatic carbocycles. The van der Waals surface area contributed by atoms with Crippen LogP contribution in [0.1, 0.15) is 38.9 Å². The number of H-pyrrole nitrogens is 1. The van der Waals surface area contributed by atoms with E-state index in [9.17, 15) is 4.79 Å². The fourth-order valence-corrected chi connectivity index (χ4v) is 3.43. The molecule has 2 aromatic rings. The van der Waals surface area contributed by atoms with Gasteiger partial charge < -0.3 is 10.3 Å². The van der Waals surface area contributed by atoms with Crippen molar-refractivity contribution >= 4 is 17.2 Å². The highest BCUT2D eigenvalue weighted by atomic mass is 32.1. The summed E-state index contributed by atoms with van der Waals surface area (Å²) >= 11 is 1.80. The molecule has 0 spiro atoms. The fourth-order valence-electron chi connectivity index (χ4n) is 2.27. The maximum atomic E-state index is 11.7. The van der Waals surface area contributed by atoms with Gasteiger partial charge in [0.25, 0.3) is 5.91 Å². The molecule has 0 radical (unpaired) electrons. The lowest BCUT2D eigenvalue weighted by atomic mass is 10.0. The van der Waals surface area contributed by atoms with Crippen LogP contribution in [0.5, 0.6) is 0 Å². The Hall–Kier alpha value is -1.69. The Bertz CT molecular complexity index is 538. The predicted octanol–water partition coefficient (Wildman–Crippen LogP) is 1.72. The van der Waals surface area contributed by atoms with Crippen LogP contribution in [0.15, 0.2) is 12.5 Å². The SMILES string of the molecule is O=C(NCCc1nc2c(s1)CCCC2)c1cnc[nH]1. The number of nitrogens with one attached hydrogen (secondary N) is 2. The molecule has 2 N–H and O–H groups in total. The molecule has 1 aliphatic rings. The molecule has 0 bridgehead atoms. The summed E-state index contributed by atoms with van der Waals surface area (Å²) in [7, 11) is 0. The average Bonchev–Trinajstić information content (AvgIpc) is 3.07. The fraction of sp³-hybridized carbons (Fsp3) is 0.462. The molecule has 0 aromatic carbocycles. The molecule has 0 saturated heterocycles. The van der Waals surface area contributed by atoms with Crippen molar-refractivity contribution in [1.82, 2.24) is 20.3 Å². The highest BCUT2D eigenvalue weighted by Crippen LogP contribution is 2.26. The Morgan fingerprint density at radius 3 is 3.11 bits per heavy atom. The van der Waals surface area contributed by atoms with Gasteiger partial charge in [0.1, 0.15) is 5.69 Å². The second-order valence-electron chi connectivity index (χ2n) is 4.66. The van der Waals surface area contributed by atoms with E-state index in [0.29, 0.717) is 12.2 Å². The Morgan fingerprint density at radius 1 is 1.42 bits per heavy atom. The molecule has 5 nitrogen and oxygen atoms in total. The number of carbonyl (C=O) groups is 1. The first-order valence-electron chi connectivity index (χ1n) is 6.57. The second kappa shape index (κ2) is 5.52. The van der Waals surface area contributed by atoms with Crippen LogP contribution in [0, 0.1) is 0 Å². The number of imidazole rings is 1. The van der Waals surface area contributed by atoms with Gasteiger partial charge in [0.15, 0.2) is 0 Å². The molecule has 0 saturated carbocycles. The number of hydrogen-bond donors (Lipinski definition) is 2. The summed E-state index contributed by atoms with van der Waals surface area (Å²) in [6.07, 6.45) is 8.66. The van der Waals surface area contributed by atoms with E-state index in [2.05, 4.69) is 20.3 Å². The van der Waals surface area contributed by atoms with E-state index in [1.807, 2.05) is 0 Å². The molecule has 19 heavy (non-hydrogen) atoms. The zero-order valence-electron chi connectivity index (χ0n) is 10.6. The Labute approximate surface area is 115 Å². The van der Waals surface area contributed by atoms with Crippen molar-refractivity contribution in [2.75, 3.05) is 6.54 Å². The van der Waals surface area contributed by atoms with E-state index in [4.69, 9.17) is 0 Å². The molecule has 2 aromatic heterocycles. The third-order valence-electron chi connectivity index (χ3n) is 3.26. The highest BCUT2D eigenvalue weighted by Gasteiger charge is 2.15. The third-order valence-corrected chi connectivity index (χ3v) is 4.47. The van der Waals surface area contributed by atoms with Gasteiger partial charge in [-0.05, 0) is 25.7 Å². The molecule has 100 valence electrons. The van der Waals surface area contributed by atoms with Gasteiger partial charge in [-0.2, -0.15) is 0 Å². The summed E-state index contributed by atoms with van der Waals surface area (Å²) in [5.41, 5.74) is 1.78. The lowest BCUT2D eigenvalue weighted by molar-refractivity contribution is 0.0949. The number of fused-ring (bicyclic) bond motifs is 1. The lowest BCUT2D eigenvalue weighted by Gasteiger charge is -2.06. The number of hydrogen-bond acceptors (Lipinski definition) is 4. The van der Waals surface area contributed by atoms with Crippen molar-refractivity contribution in [3.05, 3.63) is 33.8 Å². The van der Waals surface area contributed by atoms with Crippen LogP contribution in [0.3, 0.4) is 0 Å². The molecule has 1 amide bonds. The number of thiazole rings is 1. The third kappa shape index (κ3) is 2.84. The normalized spacial score (nSPS) is 14.1. The first kappa shape index (κ1) is 12.3. The number of aromatic nitrogens is 3.